The summed E-state index contributed by atoms with van der Waals surface area (Å²) in [7, 11) is 5.74. The average molecular weight is 559 g/mol. The van der Waals surface area contributed by atoms with Gasteiger partial charge in [0.1, 0.15) is 5.75 Å². The van der Waals surface area contributed by atoms with E-state index in [9.17, 15) is 0 Å². The Hall–Kier alpha value is -1.36. The predicted octanol–water partition coefficient (Wildman–Crippen LogP) is 4.14. The van der Waals surface area contributed by atoms with E-state index in [2.05, 4.69) is 45.1 Å². The molecule has 0 saturated carbocycles. The first-order valence-corrected chi connectivity index (χ1v) is 11.5. The number of hydrogen-bond donors (Lipinski definition) is 2. The van der Waals surface area contributed by atoms with Gasteiger partial charge in [-0.15, -0.1) is 35.3 Å². The number of nitrogens with one attached hydrogen (secondary N) is 2. The summed E-state index contributed by atoms with van der Waals surface area (Å²) in [5.74, 6) is 2.26. The molecule has 1 aliphatic heterocycles. The Morgan fingerprint density at radius 3 is 2.81 bits per heavy atom. The van der Waals surface area contributed by atoms with E-state index in [0.717, 1.165) is 30.4 Å². The van der Waals surface area contributed by atoms with Gasteiger partial charge in [0.2, 0.25) is 0 Å². The summed E-state index contributed by atoms with van der Waals surface area (Å²) in [6.45, 7) is 3.91. The number of ether oxygens (including phenoxy) is 2. The second-order valence-electron chi connectivity index (χ2n) is 7.59. The first-order chi connectivity index (χ1) is 14.7. The van der Waals surface area contributed by atoms with Crippen LogP contribution in [0.5, 0.6) is 5.75 Å². The lowest BCUT2D eigenvalue weighted by molar-refractivity contribution is 0.122. The van der Waals surface area contributed by atoms with Crippen LogP contribution in [-0.4, -0.2) is 58.3 Å². The van der Waals surface area contributed by atoms with Gasteiger partial charge in [-0.1, -0.05) is 24.3 Å². The fourth-order valence-corrected chi connectivity index (χ4v) is 5.06. The normalized spacial score (nSPS) is 19.5. The van der Waals surface area contributed by atoms with Crippen molar-refractivity contribution in [1.29, 1.82) is 0 Å². The molecule has 0 bridgehead atoms. The number of halogens is 1. The lowest BCUT2D eigenvalue weighted by Gasteiger charge is -2.39. The van der Waals surface area contributed by atoms with Crippen molar-refractivity contribution >= 4 is 41.3 Å². The molecule has 2 heterocycles. The number of thiophene rings is 1. The SMILES string of the molecule is CN=C(NCCOCc1ccccc1OC)NCC1CCCN(C)C1c1cccs1.I. The van der Waals surface area contributed by atoms with Crippen LogP contribution in [0.3, 0.4) is 0 Å². The third kappa shape index (κ3) is 7.62. The molecular formula is C23H35IN4O2S. The van der Waals surface area contributed by atoms with Crippen molar-refractivity contribution in [2.24, 2.45) is 10.9 Å². The van der Waals surface area contributed by atoms with Crippen molar-refractivity contribution in [3.05, 3.63) is 52.2 Å². The van der Waals surface area contributed by atoms with Gasteiger partial charge in [-0.05, 0) is 49.9 Å². The van der Waals surface area contributed by atoms with Crippen LogP contribution in [0.1, 0.15) is 29.3 Å². The zero-order chi connectivity index (χ0) is 21.2. The molecule has 1 fully saturated rings. The molecule has 0 aliphatic carbocycles. The number of aliphatic imine (C=N–C) groups is 1. The highest BCUT2D eigenvalue weighted by Crippen LogP contribution is 2.36. The van der Waals surface area contributed by atoms with Gasteiger partial charge in [0.15, 0.2) is 5.96 Å². The van der Waals surface area contributed by atoms with E-state index in [1.165, 1.54) is 17.7 Å². The van der Waals surface area contributed by atoms with Gasteiger partial charge in [-0.2, -0.15) is 0 Å². The largest absolute Gasteiger partial charge is 0.496 e. The molecule has 2 N–H and O–H groups in total. The molecule has 0 radical (unpaired) electrons. The summed E-state index contributed by atoms with van der Waals surface area (Å²) in [6, 6.07) is 12.8. The van der Waals surface area contributed by atoms with Gasteiger partial charge in [0.25, 0.3) is 0 Å². The molecule has 1 aromatic heterocycles. The molecule has 3 rings (SSSR count). The fourth-order valence-electron chi connectivity index (χ4n) is 4.08. The third-order valence-corrected chi connectivity index (χ3v) is 6.53. The average Bonchev–Trinajstić information content (AvgIpc) is 3.30. The summed E-state index contributed by atoms with van der Waals surface area (Å²) in [5, 5.41) is 9.05. The second-order valence-corrected chi connectivity index (χ2v) is 8.57. The van der Waals surface area contributed by atoms with Gasteiger partial charge < -0.3 is 20.1 Å². The molecular weight excluding hydrogens is 523 g/mol. The highest BCUT2D eigenvalue weighted by molar-refractivity contribution is 14.0. The highest BCUT2D eigenvalue weighted by atomic mass is 127. The number of piperidine rings is 1. The number of guanidine groups is 1. The van der Waals surface area contributed by atoms with E-state index in [-0.39, 0.29) is 24.0 Å². The van der Waals surface area contributed by atoms with Crippen molar-refractivity contribution in [1.82, 2.24) is 15.5 Å². The van der Waals surface area contributed by atoms with Crippen LogP contribution in [0.4, 0.5) is 0 Å². The first kappa shape index (κ1) is 25.9. The number of para-hydroxylation sites is 1. The number of benzene rings is 1. The fraction of sp³-hybridized carbons (Fsp3) is 0.522. The summed E-state index contributed by atoms with van der Waals surface area (Å²) in [4.78, 5) is 8.32. The maximum absolute atomic E-state index is 5.80. The van der Waals surface area contributed by atoms with Crippen molar-refractivity contribution in [2.45, 2.75) is 25.5 Å². The quantitative estimate of drug-likeness (QED) is 0.210. The van der Waals surface area contributed by atoms with E-state index < -0.39 is 0 Å². The minimum Gasteiger partial charge on any atom is -0.496 e. The lowest BCUT2D eigenvalue weighted by Crippen LogP contribution is -2.45. The maximum Gasteiger partial charge on any atom is 0.191 e. The van der Waals surface area contributed by atoms with Crippen molar-refractivity contribution in [3.8, 4) is 5.75 Å². The molecule has 172 valence electrons. The van der Waals surface area contributed by atoms with Gasteiger partial charge >= 0.3 is 0 Å². The number of rotatable bonds is 9. The predicted molar refractivity (Wildman–Crippen MR) is 140 cm³/mol. The van der Waals surface area contributed by atoms with Gasteiger partial charge in [-0.25, -0.2) is 0 Å². The van der Waals surface area contributed by atoms with Crippen LogP contribution in [0.25, 0.3) is 0 Å². The molecule has 2 atom stereocenters. The third-order valence-electron chi connectivity index (χ3n) is 5.59. The van der Waals surface area contributed by atoms with E-state index in [4.69, 9.17) is 9.47 Å². The van der Waals surface area contributed by atoms with Crippen LogP contribution in [0, 0.1) is 5.92 Å². The van der Waals surface area contributed by atoms with Crippen LogP contribution in [0.2, 0.25) is 0 Å². The van der Waals surface area contributed by atoms with Crippen molar-refractivity contribution in [3.63, 3.8) is 0 Å². The van der Waals surface area contributed by atoms with Gasteiger partial charge in [-0.3, -0.25) is 9.89 Å². The molecule has 1 aliphatic rings. The van der Waals surface area contributed by atoms with Crippen LogP contribution >= 0.6 is 35.3 Å². The Morgan fingerprint density at radius 2 is 2.06 bits per heavy atom. The molecule has 8 heteroatoms. The summed E-state index contributed by atoms with van der Waals surface area (Å²) in [5.41, 5.74) is 1.06. The minimum absolute atomic E-state index is 0. The number of methoxy groups -OCH3 is 1. The monoisotopic (exact) mass is 558 g/mol. The smallest absolute Gasteiger partial charge is 0.191 e. The van der Waals surface area contributed by atoms with Crippen LogP contribution in [-0.2, 0) is 11.3 Å². The summed E-state index contributed by atoms with van der Waals surface area (Å²) >= 11 is 1.86. The van der Waals surface area contributed by atoms with Gasteiger partial charge in [0, 0.05) is 36.6 Å². The Bertz CT molecular complexity index is 788. The molecule has 31 heavy (non-hydrogen) atoms. The van der Waals surface area contributed by atoms with Crippen LogP contribution in [0.15, 0.2) is 46.8 Å². The Labute approximate surface area is 207 Å². The van der Waals surface area contributed by atoms with Gasteiger partial charge in [0.05, 0.1) is 20.3 Å². The number of nitrogens with zero attached hydrogens (tertiary/aromatic N) is 2. The highest BCUT2D eigenvalue weighted by Gasteiger charge is 2.31. The number of hydrogen-bond acceptors (Lipinski definition) is 5. The van der Waals surface area contributed by atoms with E-state index in [0.29, 0.717) is 31.7 Å². The number of likely N-dealkylation sites (tertiary alicyclic amines) is 1. The molecule has 0 spiro atoms. The second kappa shape index (κ2) is 13.9. The molecule has 1 saturated heterocycles. The topological polar surface area (TPSA) is 58.1 Å². The zero-order valence-corrected chi connectivity index (χ0v) is 21.8. The van der Waals surface area contributed by atoms with E-state index >= 15 is 0 Å². The van der Waals surface area contributed by atoms with Crippen molar-refractivity contribution in [2.75, 3.05) is 47.4 Å². The Morgan fingerprint density at radius 1 is 1.23 bits per heavy atom. The lowest BCUT2D eigenvalue weighted by atomic mass is 9.88. The molecule has 6 nitrogen and oxygen atoms in total. The van der Waals surface area contributed by atoms with Crippen LogP contribution < -0.4 is 15.4 Å². The first-order valence-electron chi connectivity index (χ1n) is 10.6. The van der Waals surface area contributed by atoms with Crippen molar-refractivity contribution < 1.29 is 9.47 Å². The molecule has 1 aromatic carbocycles. The zero-order valence-electron chi connectivity index (χ0n) is 18.7. The molecule has 2 unspecified atom stereocenters. The summed E-state index contributed by atoms with van der Waals surface area (Å²) < 4.78 is 11.2. The van der Waals surface area contributed by atoms with E-state index in [1.54, 1.807) is 7.11 Å². The minimum atomic E-state index is 0. The summed E-state index contributed by atoms with van der Waals surface area (Å²) in [6.07, 6.45) is 2.48. The Kier molecular flexibility index (Phi) is 11.6. The maximum atomic E-state index is 5.80. The molecule has 2 aromatic rings. The standard InChI is InChI=1S/C23H34N4O2S.HI/c1-24-23(25-12-14-29-17-19-8-4-5-10-20(19)28-3)26-16-18-9-6-13-27(2)22(18)21-11-7-15-30-21;/h4-5,7-8,10-11,15,18,22H,6,9,12-14,16-17H2,1-3H3,(H2,24,25,26);1H. The Balaban J connectivity index is 0.00000341. The van der Waals surface area contributed by atoms with E-state index in [1.807, 2.05) is 42.6 Å². The molecule has 0 amide bonds.